The van der Waals surface area contributed by atoms with Gasteiger partial charge in [0, 0.05) is 17.0 Å². The van der Waals surface area contributed by atoms with Crippen molar-refractivity contribution in [1.29, 1.82) is 0 Å². The Labute approximate surface area is 222 Å². The minimum atomic E-state index is -0.572. The molecule has 2 heterocycles. The Hall–Kier alpha value is -3.63. The summed E-state index contributed by atoms with van der Waals surface area (Å²) in [6.45, 7) is 5.42. The van der Waals surface area contributed by atoms with E-state index in [2.05, 4.69) is 15.2 Å². The molecule has 11 heteroatoms. The van der Waals surface area contributed by atoms with Crippen LogP contribution in [0.25, 0.3) is 17.1 Å². The number of aromatic nitrogens is 4. The minimum Gasteiger partial charge on any atom is -0.462 e. The predicted octanol–water partition coefficient (Wildman–Crippen LogP) is 6.01. The van der Waals surface area contributed by atoms with Crippen LogP contribution in [0.3, 0.4) is 0 Å². The molecule has 0 atom stereocenters. The first-order valence-corrected chi connectivity index (χ1v) is 12.9. The number of carbonyl (C=O) groups is 2. The van der Waals surface area contributed by atoms with Crippen molar-refractivity contribution in [2.75, 3.05) is 13.2 Å². The molecule has 4 rings (SSSR count). The van der Waals surface area contributed by atoms with Gasteiger partial charge in [-0.1, -0.05) is 47.6 Å². The number of esters is 2. The Bertz CT molecular complexity index is 1450. The molecule has 4 aromatic rings. The van der Waals surface area contributed by atoms with Crippen molar-refractivity contribution in [1.82, 2.24) is 19.7 Å². The number of hydrogen-bond donors (Lipinski definition) is 1. The van der Waals surface area contributed by atoms with Crippen molar-refractivity contribution < 1.29 is 23.5 Å². The van der Waals surface area contributed by atoms with Crippen LogP contribution < -0.4 is 0 Å². The highest BCUT2D eigenvalue weighted by Crippen LogP contribution is 2.34. The highest BCUT2D eigenvalue weighted by molar-refractivity contribution is 7.98. The number of ether oxygens (including phenoxy) is 2. The molecule has 2 aromatic heterocycles. The first-order chi connectivity index (χ1) is 17.9. The second-order valence-corrected chi connectivity index (χ2v) is 9.13. The van der Waals surface area contributed by atoms with Gasteiger partial charge in [0.2, 0.25) is 0 Å². The lowest BCUT2D eigenvalue weighted by Gasteiger charge is -2.12. The summed E-state index contributed by atoms with van der Waals surface area (Å²) in [5.74, 6) is -1.06. The minimum absolute atomic E-state index is 0.174. The van der Waals surface area contributed by atoms with E-state index in [0.29, 0.717) is 32.8 Å². The zero-order valence-corrected chi connectivity index (χ0v) is 22.0. The summed E-state index contributed by atoms with van der Waals surface area (Å²) < 4.78 is 26.8. The highest BCUT2D eigenvalue weighted by Gasteiger charge is 2.27. The molecule has 0 bridgehead atoms. The number of hydrogen-bond acceptors (Lipinski definition) is 7. The molecule has 0 fully saturated rings. The van der Waals surface area contributed by atoms with Gasteiger partial charge in [-0.25, -0.2) is 14.0 Å². The van der Waals surface area contributed by atoms with E-state index in [-0.39, 0.29) is 35.9 Å². The number of H-pyrrole nitrogens is 1. The van der Waals surface area contributed by atoms with Crippen molar-refractivity contribution in [3.05, 3.63) is 81.9 Å². The van der Waals surface area contributed by atoms with Crippen LogP contribution >= 0.6 is 23.4 Å². The molecule has 0 saturated carbocycles. The summed E-state index contributed by atoms with van der Waals surface area (Å²) in [6.07, 6.45) is 0. The fourth-order valence-electron chi connectivity index (χ4n) is 3.82. The Balaban J connectivity index is 1.77. The number of para-hydroxylation sites is 1. The monoisotopic (exact) mass is 542 g/mol. The van der Waals surface area contributed by atoms with Crippen molar-refractivity contribution in [2.45, 2.75) is 31.7 Å². The number of halogens is 2. The molecule has 0 aliphatic carbocycles. The molecule has 37 heavy (non-hydrogen) atoms. The van der Waals surface area contributed by atoms with Crippen LogP contribution in [0.2, 0.25) is 5.02 Å². The summed E-state index contributed by atoms with van der Waals surface area (Å²) in [6, 6.07) is 13.3. The van der Waals surface area contributed by atoms with Gasteiger partial charge in [-0.05, 0) is 50.6 Å². The average molecular weight is 543 g/mol. The second-order valence-electron chi connectivity index (χ2n) is 7.78. The molecule has 0 unspecified atom stereocenters. The van der Waals surface area contributed by atoms with Crippen LogP contribution in [0.1, 0.15) is 46.0 Å². The molecule has 0 aliphatic rings. The second kappa shape index (κ2) is 11.6. The van der Waals surface area contributed by atoms with Gasteiger partial charge in [-0.3, -0.25) is 4.57 Å². The summed E-state index contributed by atoms with van der Waals surface area (Å²) in [4.78, 5) is 28.2. The molecule has 1 N–H and O–H groups in total. The third-order valence-electron chi connectivity index (χ3n) is 5.47. The molecular weight excluding hydrogens is 519 g/mol. The van der Waals surface area contributed by atoms with Crippen LogP contribution in [-0.2, 0) is 15.2 Å². The van der Waals surface area contributed by atoms with Crippen LogP contribution in [0.5, 0.6) is 0 Å². The van der Waals surface area contributed by atoms with Gasteiger partial charge in [0.25, 0.3) is 0 Å². The SMILES string of the molecule is CCOC(=O)c1[nH]c(CSc2nnc(-c3ccccc3Cl)n2-c2ccccc2F)c(C(=O)OCC)c1C. The molecular formula is C26H24ClFN4O4S. The predicted molar refractivity (Wildman–Crippen MR) is 139 cm³/mol. The molecule has 192 valence electrons. The lowest BCUT2D eigenvalue weighted by atomic mass is 10.1. The normalized spacial score (nSPS) is 10.9. The largest absolute Gasteiger partial charge is 0.462 e. The van der Waals surface area contributed by atoms with Gasteiger partial charge >= 0.3 is 11.9 Å². The fourth-order valence-corrected chi connectivity index (χ4v) is 4.94. The molecule has 8 nitrogen and oxygen atoms in total. The van der Waals surface area contributed by atoms with E-state index in [9.17, 15) is 14.0 Å². The van der Waals surface area contributed by atoms with Gasteiger partial charge in [0.1, 0.15) is 11.5 Å². The maximum Gasteiger partial charge on any atom is 0.355 e. The van der Waals surface area contributed by atoms with Gasteiger partial charge in [-0.15, -0.1) is 10.2 Å². The molecule has 0 amide bonds. The van der Waals surface area contributed by atoms with Crippen LogP contribution in [0.4, 0.5) is 4.39 Å². The maximum atomic E-state index is 14.9. The van der Waals surface area contributed by atoms with Crippen LogP contribution in [-0.4, -0.2) is 44.9 Å². The number of nitrogens with zero attached hydrogens (tertiary/aromatic N) is 3. The third kappa shape index (κ3) is 5.40. The molecule has 0 radical (unpaired) electrons. The van der Waals surface area contributed by atoms with E-state index >= 15 is 0 Å². The summed E-state index contributed by atoms with van der Waals surface area (Å²) >= 11 is 7.63. The molecule has 0 saturated heterocycles. The van der Waals surface area contributed by atoms with E-state index in [1.807, 2.05) is 0 Å². The highest BCUT2D eigenvalue weighted by atomic mass is 35.5. The van der Waals surface area contributed by atoms with E-state index in [1.54, 1.807) is 67.8 Å². The Morgan fingerprint density at radius 1 is 1.03 bits per heavy atom. The zero-order chi connectivity index (χ0) is 26.5. The fraction of sp³-hybridized carbons (Fsp3) is 0.231. The zero-order valence-electron chi connectivity index (χ0n) is 20.4. The maximum absolute atomic E-state index is 14.9. The van der Waals surface area contributed by atoms with Crippen molar-refractivity contribution in [3.8, 4) is 17.1 Å². The average Bonchev–Trinajstić information content (AvgIpc) is 3.44. The van der Waals surface area contributed by atoms with Crippen molar-refractivity contribution in [3.63, 3.8) is 0 Å². The van der Waals surface area contributed by atoms with Crippen molar-refractivity contribution in [2.24, 2.45) is 0 Å². The molecule has 0 aliphatic heterocycles. The van der Waals surface area contributed by atoms with E-state index < -0.39 is 17.8 Å². The number of benzene rings is 2. The van der Waals surface area contributed by atoms with Gasteiger partial charge in [0.15, 0.2) is 11.0 Å². The molecule has 2 aromatic carbocycles. The van der Waals surface area contributed by atoms with Gasteiger partial charge in [-0.2, -0.15) is 0 Å². The van der Waals surface area contributed by atoms with Crippen molar-refractivity contribution >= 4 is 35.3 Å². The van der Waals surface area contributed by atoms with E-state index in [0.717, 1.165) is 0 Å². The molecule has 0 spiro atoms. The Morgan fingerprint density at radius 3 is 2.41 bits per heavy atom. The van der Waals surface area contributed by atoms with Gasteiger partial charge in [0.05, 0.1) is 29.5 Å². The number of rotatable bonds is 9. The Morgan fingerprint density at radius 2 is 1.70 bits per heavy atom. The van der Waals surface area contributed by atoms with Crippen LogP contribution in [0, 0.1) is 12.7 Å². The standard InChI is InChI=1S/C26H24ClFN4O4S/c1-4-35-24(33)21-15(3)22(25(34)36-5-2)29-19(21)14-37-26-31-30-23(16-10-6-7-11-17(16)27)32(26)20-13-9-8-12-18(20)28/h6-13,29H,4-5,14H2,1-3H3. The summed E-state index contributed by atoms with van der Waals surface area (Å²) in [5, 5.41) is 9.40. The Kier molecular flexibility index (Phi) is 8.30. The smallest absolute Gasteiger partial charge is 0.355 e. The number of aromatic amines is 1. The summed E-state index contributed by atoms with van der Waals surface area (Å²) in [5.41, 5.74) is 2.13. The van der Waals surface area contributed by atoms with Gasteiger partial charge < -0.3 is 14.5 Å². The van der Waals surface area contributed by atoms with E-state index in [4.69, 9.17) is 21.1 Å². The third-order valence-corrected chi connectivity index (χ3v) is 6.76. The van der Waals surface area contributed by atoms with Crippen LogP contribution in [0.15, 0.2) is 53.7 Å². The first kappa shape index (κ1) is 26.4. The number of carbonyl (C=O) groups excluding carboxylic acids is 2. The lowest BCUT2D eigenvalue weighted by molar-refractivity contribution is 0.0518. The number of nitrogens with one attached hydrogen (secondary N) is 1. The first-order valence-electron chi connectivity index (χ1n) is 11.5. The number of thioether (sulfide) groups is 1. The quantitative estimate of drug-likeness (QED) is 0.204. The van der Waals surface area contributed by atoms with E-state index in [1.165, 1.54) is 17.8 Å². The summed E-state index contributed by atoms with van der Waals surface area (Å²) in [7, 11) is 0. The lowest BCUT2D eigenvalue weighted by Crippen LogP contribution is -2.09. The topological polar surface area (TPSA) is 99.1 Å².